The zero-order chi connectivity index (χ0) is 18.4. The first-order chi connectivity index (χ1) is 13.2. The van der Waals surface area contributed by atoms with Crippen LogP contribution in [0.3, 0.4) is 0 Å². The average molecular weight is 377 g/mol. The first-order valence-electron chi connectivity index (χ1n) is 8.22. The van der Waals surface area contributed by atoms with Crippen LogP contribution in [-0.4, -0.2) is 36.5 Å². The fourth-order valence-electron chi connectivity index (χ4n) is 2.98. The molecule has 0 N–H and O–H groups in total. The quantitative estimate of drug-likeness (QED) is 0.479. The first-order valence-corrected chi connectivity index (χ1v) is 8.60. The largest absolute Gasteiger partial charge is 0.497 e. The molecule has 5 rings (SSSR count). The molecular formula is C19H13ClN6O. The number of aromatic nitrogens is 6. The van der Waals surface area contributed by atoms with E-state index in [1.807, 2.05) is 48.5 Å². The highest BCUT2D eigenvalue weighted by molar-refractivity contribution is 6.30. The summed E-state index contributed by atoms with van der Waals surface area (Å²) in [6.45, 7) is 0. The van der Waals surface area contributed by atoms with E-state index >= 15 is 0 Å². The fraction of sp³-hybridized carbons (Fsp3) is 0.0526. The van der Waals surface area contributed by atoms with Crippen LogP contribution in [-0.2, 0) is 0 Å². The molecule has 0 aliphatic carbocycles. The van der Waals surface area contributed by atoms with Crippen molar-refractivity contribution in [2.24, 2.45) is 0 Å². The van der Waals surface area contributed by atoms with Crippen LogP contribution in [0.4, 0.5) is 0 Å². The van der Waals surface area contributed by atoms with Crippen LogP contribution in [0, 0.1) is 0 Å². The van der Waals surface area contributed by atoms with Gasteiger partial charge in [0.15, 0.2) is 17.1 Å². The lowest BCUT2D eigenvalue weighted by Gasteiger charge is -2.02. The molecule has 0 amide bonds. The maximum atomic E-state index is 6.10. The highest BCUT2D eigenvalue weighted by Gasteiger charge is 2.14. The summed E-state index contributed by atoms with van der Waals surface area (Å²) in [6, 6.07) is 15.1. The minimum absolute atomic E-state index is 0.613. The van der Waals surface area contributed by atoms with Gasteiger partial charge in [0.05, 0.1) is 24.4 Å². The Bertz CT molecular complexity index is 1270. The Labute approximate surface area is 158 Å². The Morgan fingerprint density at radius 3 is 2.67 bits per heavy atom. The van der Waals surface area contributed by atoms with E-state index in [4.69, 9.17) is 16.3 Å². The van der Waals surface area contributed by atoms with Crippen molar-refractivity contribution < 1.29 is 4.74 Å². The maximum Gasteiger partial charge on any atom is 0.182 e. The van der Waals surface area contributed by atoms with Crippen molar-refractivity contribution in [1.82, 2.24) is 29.4 Å². The number of hydrogen-bond donors (Lipinski definition) is 0. The number of fused-ring (bicyclic) bond motifs is 3. The molecule has 3 aromatic heterocycles. The van der Waals surface area contributed by atoms with Gasteiger partial charge in [-0.3, -0.25) is 0 Å². The third kappa shape index (κ3) is 2.60. The summed E-state index contributed by atoms with van der Waals surface area (Å²) in [4.78, 5) is 9.19. The van der Waals surface area contributed by atoms with Crippen molar-refractivity contribution in [3.8, 4) is 22.8 Å². The lowest BCUT2D eigenvalue weighted by atomic mass is 10.2. The predicted octanol–water partition coefficient (Wildman–Crippen LogP) is 3.79. The normalized spacial score (nSPS) is 11.3. The number of rotatable bonds is 3. The number of ether oxygens (including phenoxy) is 1. The molecule has 0 atom stereocenters. The SMILES string of the molecule is COc1ccc(-c2nc3c4cnn(-c5cccc(Cl)c5)c4ncn3n2)cc1. The van der Waals surface area contributed by atoms with Gasteiger partial charge in [0, 0.05) is 10.6 Å². The van der Waals surface area contributed by atoms with Crippen LogP contribution in [0.2, 0.25) is 5.02 Å². The highest BCUT2D eigenvalue weighted by Crippen LogP contribution is 2.24. The van der Waals surface area contributed by atoms with Gasteiger partial charge in [-0.15, -0.1) is 5.10 Å². The summed E-state index contributed by atoms with van der Waals surface area (Å²) in [5.41, 5.74) is 3.12. The van der Waals surface area contributed by atoms with Crippen molar-refractivity contribution in [3.05, 3.63) is 66.1 Å². The predicted molar refractivity (Wildman–Crippen MR) is 102 cm³/mol. The second kappa shape index (κ2) is 6.07. The van der Waals surface area contributed by atoms with Crippen LogP contribution >= 0.6 is 11.6 Å². The van der Waals surface area contributed by atoms with Crippen LogP contribution in [0.15, 0.2) is 61.1 Å². The molecule has 0 saturated heterocycles. The Morgan fingerprint density at radius 2 is 1.89 bits per heavy atom. The third-order valence-electron chi connectivity index (χ3n) is 4.31. The summed E-state index contributed by atoms with van der Waals surface area (Å²) in [5, 5.41) is 10.4. The monoisotopic (exact) mass is 376 g/mol. The molecule has 0 fully saturated rings. The zero-order valence-corrected chi connectivity index (χ0v) is 15.0. The van der Waals surface area contributed by atoms with E-state index in [-0.39, 0.29) is 0 Å². The summed E-state index contributed by atoms with van der Waals surface area (Å²) in [7, 11) is 1.64. The van der Waals surface area contributed by atoms with Gasteiger partial charge < -0.3 is 4.74 Å². The third-order valence-corrected chi connectivity index (χ3v) is 4.54. The Kier molecular flexibility index (Phi) is 3.54. The lowest BCUT2D eigenvalue weighted by molar-refractivity contribution is 0.415. The first kappa shape index (κ1) is 15.8. The molecule has 0 saturated carbocycles. The van der Waals surface area contributed by atoms with Gasteiger partial charge in [-0.05, 0) is 42.5 Å². The topological polar surface area (TPSA) is 70.1 Å². The molecule has 0 spiro atoms. The molecule has 132 valence electrons. The average Bonchev–Trinajstić information content (AvgIpc) is 3.32. The smallest absolute Gasteiger partial charge is 0.182 e. The lowest BCUT2D eigenvalue weighted by Crippen LogP contribution is -1.98. The van der Waals surface area contributed by atoms with Crippen LogP contribution in [0.1, 0.15) is 0 Å². The molecule has 2 aromatic carbocycles. The molecule has 7 nitrogen and oxygen atoms in total. The number of halogens is 1. The minimum atomic E-state index is 0.613. The van der Waals surface area contributed by atoms with Crippen molar-refractivity contribution in [1.29, 1.82) is 0 Å². The Balaban J connectivity index is 1.66. The molecule has 0 radical (unpaired) electrons. The Hall–Kier alpha value is -3.45. The summed E-state index contributed by atoms with van der Waals surface area (Å²) in [5.74, 6) is 1.40. The van der Waals surface area contributed by atoms with Gasteiger partial charge in [0.2, 0.25) is 0 Å². The van der Waals surface area contributed by atoms with Gasteiger partial charge in [-0.1, -0.05) is 17.7 Å². The Morgan fingerprint density at radius 1 is 1.04 bits per heavy atom. The molecule has 8 heteroatoms. The summed E-state index contributed by atoms with van der Waals surface area (Å²) >= 11 is 6.10. The molecule has 0 aliphatic heterocycles. The number of benzene rings is 2. The number of methoxy groups -OCH3 is 1. The van der Waals surface area contributed by atoms with E-state index in [1.54, 1.807) is 28.8 Å². The van der Waals surface area contributed by atoms with Gasteiger partial charge in [-0.2, -0.15) is 5.10 Å². The highest BCUT2D eigenvalue weighted by atomic mass is 35.5. The fourth-order valence-corrected chi connectivity index (χ4v) is 3.16. The second-order valence-electron chi connectivity index (χ2n) is 5.95. The van der Waals surface area contributed by atoms with Crippen molar-refractivity contribution in [2.75, 3.05) is 7.11 Å². The maximum absolute atomic E-state index is 6.10. The molecule has 0 aliphatic rings. The number of nitrogens with zero attached hydrogens (tertiary/aromatic N) is 6. The van der Waals surface area contributed by atoms with Crippen LogP contribution < -0.4 is 4.74 Å². The van der Waals surface area contributed by atoms with Gasteiger partial charge in [-0.25, -0.2) is 19.2 Å². The van der Waals surface area contributed by atoms with Crippen LogP contribution in [0.25, 0.3) is 33.8 Å². The van der Waals surface area contributed by atoms with E-state index in [1.165, 1.54) is 0 Å². The number of hydrogen-bond acceptors (Lipinski definition) is 5. The van der Waals surface area contributed by atoms with E-state index in [0.29, 0.717) is 22.1 Å². The minimum Gasteiger partial charge on any atom is -0.497 e. The molecule has 3 heterocycles. The molecular weight excluding hydrogens is 364 g/mol. The zero-order valence-electron chi connectivity index (χ0n) is 14.2. The van der Waals surface area contributed by atoms with Gasteiger partial charge in [0.1, 0.15) is 12.1 Å². The summed E-state index contributed by atoms with van der Waals surface area (Å²) < 4.78 is 8.60. The second-order valence-corrected chi connectivity index (χ2v) is 6.39. The molecule has 0 bridgehead atoms. The van der Waals surface area contributed by atoms with Crippen molar-refractivity contribution in [3.63, 3.8) is 0 Å². The van der Waals surface area contributed by atoms with Crippen molar-refractivity contribution in [2.45, 2.75) is 0 Å². The van der Waals surface area contributed by atoms with E-state index in [2.05, 4.69) is 20.2 Å². The van der Waals surface area contributed by atoms with Gasteiger partial charge in [0.25, 0.3) is 0 Å². The summed E-state index contributed by atoms with van der Waals surface area (Å²) in [6.07, 6.45) is 3.38. The van der Waals surface area contributed by atoms with Gasteiger partial charge >= 0.3 is 0 Å². The van der Waals surface area contributed by atoms with Crippen LogP contribution in [0.5, 0.6) is 5.75 Å². The van der Waals surface area contributed by atoms with Crippen molar-refractivity contribution >= 4 is 28.3 Å². The van der Waals surface area contributed by atoms with E-state index < -0.39 is 0 Å². The van der Waals surface area contributed by atoms with E-state index in [0.717, 1.165) is 22.4 Å². The van der Waals surface area contributed by atoms with E-state index in [9.17, 15) is 0 Å². The standard InChI is InChI=1S/C19H13ClN6O/c1-27-15-7-5-12(6-8-15)17-23-19-16-10-22-26(14-4-2-3-13(20)9-14)18(16)21-11-25(19)24-17/h2-11H,1H3. The molecule has 0 unspecified atom stereocenters. The molecule has 5 aromatic rings. The molecule has 27 heavy (non-hydrogen) atoms.